The van der Waals surface area contributed by atoms with E-state index in [-0.39, 0.29) is 36.2 Å². The predicted octanol–water partition coefficient (Wildman–Crippen LogP) is 4.49. The van der Waals surface area contributed by atoms with Crippen LogP contribution in [0.15, 0.2) is 30.3 Å². The molecule has 3 aromatic rings. The fraction of sp³-hybridized carbons (Fsp3) is 0.543. The van der Waals surface area contributed by atoms with Crippen LogP contribution in [0.3, 0.4) is 0 Å². The lowest BCUT2D eigenvalue weighted by Gasteiger charge is -2.52. The number of nitrogens with one attached hydrogen (secondary N) is 1. The first-order valence-electron chi connectivity index (χ1n) is 15.8. The van der Waals surface area contributed by atoms with Crippen LogP contribution >= 0.6 is 0 Å². The first kappa shape index (κ1) is 32.0. The zero-order valence-electron chi connectivity index (χ0n) is 27.4. The van der Waals surface area contributed by atoms with E-state index in [9.17, 15) is 9.59 Å². The van der Waals surface area contributed by atoms with Gasteiger partial charge in [0.05, 0.1) is 47.5 Å². The average molecular weight is 637 g/mol. The van der Waals surface area contributed by atoms with E-state index in [2.05, 4.69) is 16.0 Å². The van der Waals surface area contributed by atoms with Crippen molar-refractivity contribution in [3.63, 3.8) is 0 Å². The van der Waals surface area contributed by atoms with Crippen molar-refractivity contribution in [2.24, 2.45) is 17.8 Å². The minimum Gasteiger partial charge on any atom is -0.497 e. The molecule has 2 aromatic carbocycles. The minimum absolute atomic E-state index is 0.0136. The number of rotatable bonds is 10. The van der Waals surface area contributed by atoms with Gasteiger partial charge in [-0.15, -0.1) is 0 Å². The third-order valence-corrected chi connectivity index (χ3v) is 10.2. The second-order valence-corrected chi connectivity index (χ2v) is 12.4. The zero-order valence-corrected chi connectivity index (χ0v) is 27.4. The van der Waals surface area contributed by atoms with Crippen molar-refractivity contribution >= 4 is 22.8 Å². The lowest BCUT2D eigenvalue weighted by molar-refractivity contribution is -0.189. The molecule has 46 heavy (non-hydrogen) atoms. The highest BCUT2D eigenvalue weighted by Gasteiger charge is 2.54. The molecule has 2 aliphatic heterocycles. The summed E-state index contributed by atoms with van der Waals surface area (Å²) in [4.78, 5) is 32.9. The number of esters is 2. The molecule has 11 heteroatoms. The largest absolute Gasteiger partial charge is 0.497 e. The van der Waals surface area contributed by atoms with Gasteiger partial charge in [0, 0.05) is 49.3 Å². The molecular formula is C35H44N2O9. The lowest BCUT2D eigenvalue weighted by atomic mass is 9.63. The third kappa shape index (κ3) is 5.75. The molecule has 1 saturated carbocycles. The van der Waals surface area contributed by atoms with Gasteiger partial charge in [0.25, 0.3) is 0 Å². The summed E-state index contributed by atoms with van der Waals surface area (Å²) in [6.45, 7) is 1.73. The van der Waals surface area contributed by atoms with E-state index in [1.807, 2.05) is 24.3 Å². The first-order chi connectivity index (χ1) is 22.3. The number of nitrogens with zero attached hydrogens (tertiary/aromatic N) is 1. The third-order valence-electron chi connectivity index (χ3n) is 10.2. The van der Waals surface area contributed by atoms with Crippen LogP contribution in [0, 0.1) is 17.8 Å². The topological polar surface area (TPSA) is 118 Å². The van der Waals surface area contributed by atoms with Gasteiger partial charge < -0.3 is 38.1 Å². The van der Waals surface area contributed by atoms with Gasteiger partial charge in [0.1, 0.15) is 18.0 Å². The number of hydrogen-bond acceptors (Lipinski definition) is 10. The monoisotopic (exact) mass is 636 g/mol. The van der Waals surface area contributed by atoms with Gasteiger partial charge in [0.2, 0.25) is 5.75 Å². The number of hydrogen-bond donors (Lipinski definition) is 1. The van der Waals surface area contributed by atoms with Gasteiger partial charge in [-0.3, -0.25) is 14.5 Å². The maximum absolute atomic E-state index is 13.4. The van der Waals surface area contributed by atoms with Gasteiger partial charge in [-0.1, -0.05) is 0 Å². The van der Waals surface area contributed by atoms with Crippen molar-refractivity contribution in [1.29, 1.82) is 0 Å². The Balaban J connectivity index is 1.20. The Morgan fingerprint density at radius 3 is 2.35 bits per heavy atom. The molecule has 3 heterocycles. The second kappa shape index (κ2) is 13.4. The smallest absolute Gasteiger partial charge is 0.311 e. The Labute approximate surface area is 269 Å². The van der Waals surface area contributed by atoms with Gasteiger partial charge in [-0.25, -0.2) is 0 Å². The van der Waals surface area contributed by atoms with Gasteiger partial charge in [-0.05, 0) is 72.9 Å². The van der Waals surface area contributed by atoms with Crippen molar-refractivity contribution in [1.82, 2.24) is 9.88 Å². The molecule has 1 N–H and O–H groups in total. The quantitative estimate of drug-likeness (QED) is 0.319. The molecule has 3 aliphatic rings. The number of aryl methyl sites for hydroxylation is 1. The number of fused-ring (bicyclic) bond motifs is 6. The molecule has 1 aromatic heterocycles. The highest BCUT2D eigenvalue weighted by atomic mass is 16.6. The van der Waals surface area contributed by atoms with Crippen molar-refractivity contribution in [3.05, 3.63) is 47.2 Å². The molecular weight excluding hydrogens is 592 g/mol. The normalized spacial score (nSPS) is 25.5. The standard InChI is InChI=1S/C35H44N2O9/c1-40-21-8-9-22-23-11-12-37-18-20-15-29(46-30(38)10-7-19-13-27(41-2)33(43-4)28(14-19)42-3)34(44-5)31(35(39)45-6)24(20)17-26(37)32(23)36-25(22)16-21/h8-9,13-14,16,20,24,26,29,31,34,36H,7,10-12,15,17-18H2,1-6H3/t20-,24-,26-,29+,31-,34+/m1/s1. The Kier molecular flexibility index (Phi) is 9.33. The number of piperidine rings is 1. The fourth-order valence-corrected chi connectivity index (χ4v) is 8.11. The average Bonchev–Trinajstić information content (AvgIpc) is 3.46. The van der Waals surface area contributed by atoms with Crippen LogP contribution in [0.4, 0.5) is 0 Å². The van der Waals surface area contributed by atoms with Gasteiger partial charge >= 0.3 is 11.9 Å². The van der Waals surface area contributed by atoms with E-state index in [1.54, 1.807) is 35.5 Å². The summed E-state index contributed by atoms with van der Waals surface area (Å²) in [6.07, 6.45) is 1.72. The van der Waals surface area contributed by atoms with E-state index >= 15 is 0 Å². The number of H-pyrrole nitrogens is 1. The molecule has 1 saturated heterocycles. The van der Waals surface area contributed by atoms with Crippen molar-refractivity contribution in [3.8, 4) is 23.0 Å². The summed E-state index contributed by atoms with van der Waals surface area (Å²) < 4.78 is 39.2. The number of carbonyl (C=O) groups excluding carboxylic acids is 2. The first-order valence-corrected chi connectivity index (χ1v) is 15.8. The van der Waals surface area contributed by atoms with Crippen molar-refractivity contribution in [2.75, 3.05) is 55.7 Å². The SMILES string of the molecule is COC(=O)[C@@H]1[C@@H]2C[C@@H]3c4[nH]c5cc(OC)ccc5c4CCN3C[C@H]2C[C@H](OC(=O)CCc2cc(OC)c(OC)c(OC)c2)[C@@H]1OC. The van der Waals surface area contributed by atoms with Crippen LogP contribution in [-0.2, 0) is 36.6 Å². The van der Waals surface area contributed by atoms with Crippen LogP contribution in [-0.4, -0.2) is 89.8 Å². The summed E-state index contributed by atoms with van der Waals surface area (Å²) in [7, 11) is 9.33. The molecule has 0 radical (unpaired) electrons. The molecule has 0 spiro atoms. The molecule has 0 bridgehead atoms. The fourth-order valence-electron chi connectivity index (χ4n) is 8.11. The molecule has 6 atom stereocenters. The maximum atomic E-state index is 13.4. The molecule has 2 fully saturated rings. The lowest BCUT2D eigenvalue weighted by Crippen LogP contribution is -2.58. The molecule has 11 nitrogen and oxygen atoms in total. The Hall–Kier alpha value is -3.96. The maximum Gasteiger partial charge on any atom is 0.311 e. The highest BCUT2D eigenvalue weighted by Crippen LogP contribution is 2.50. The predicted molar refractivity (Wildman–Crippen MR) is 170 cm³/mol. The van der Waals surface area contributed by atoms with Crippen LogP contribution in [0.1, 0.15) is 42.1 Å². The second-order valence-electron chi connectivity index (χ2n) is 12.4. The molecule has 0 amide bonds. The number of methoxy groups -OCH3 is 6. The number of ether oxygens (including phenoxy) is 7. The summed E-state index contributed by atoms with van der Waals surface area (Å²) in [5, 5.41) is 1.22. The van der Waals surface area contributed by atoms with E-state index in [1.165, 1.54) is 23.8 Å². The number of carbonyl (C=O) groups is 2. The van der Waals surface area contributed by atoms with Crippen molar-refractivity contribution < 1.29 is 42.7 Å². The molecule has 1 aliphatic carbocycles. The highest BCUT2D eigenvalue weighted by molar-refractivity contribution is 5.86. The van der Waals surface area contributed by atoms with Crippen molar-refractivity contribution in [2.45, 2.75) is 50.4 Å². The Morgan fingerprint density at radius 1 is 0.935 bits per heavy atom. The number of benzene rings is 2. The Bertz CT molecular complexity index is 1560. The van der Waals surface area contributed by atoms with Crippen LogP contribution in [0.5, 0.6) is 23.0 Å². The molecule has 0 unspecified atom stereocenters. The van der Waals surface area contributed by atoms with Crippen LogP contribution in [0.2, 0.25) is 0 Å². The number of aromatic nitrogens is 1. The molecule has 248 valence electrons. The summed E-state index contributed by atoms with van der Waals surface area (Å²) in [5.41, 5.74) is 4.47. The summed E-state index contributed by atoms with van der Waals surface area (Å²) >= 11 is 0. The van der Waals surface area contributed by atoms with Gasteiger partial charge in [0.15, 0.2) is 11.5 Å². The van der Waals surface area contributed by atoms with E-state index in [0.717, 1.165) is 42.8 Å². The number of aromatic amines is 1. The Morgan fingerprint density at radius 2 is 1.70 bits per heavy atom. The van der Waals surface area contributed by atoms with Gasteiger partial charge in [-0.2, -0.15) is 0 Å². The van der Waals surface area contributed by atoms with E-state index in [4.69, 9.17) is 33.2 Å². The van der Waals surface area contributed by atoms with Crippen LogP contribution < -0.4 is 18.9 Å². The van der Waals surface area contributed by atoms with E-state index in [0.29, 0.717) is 30.1 Å². The van der Waals surface area contributed by atoms with Crippen LogP contribution in [0.25, 0.3) is 10.9 Å². The summed E-state index contributed by atoms with van der Waals surface area (Å²) in [5.74, 6) is 1.28. The minimum atomic E-state index is -0.611. The molecule has 6 rings (SSSR count). The summed E-state index contributed by atoms with van der Waals surface area (Å²) in [6, 6.07) is 9.98. The van der Waals surface area contributed by atoms with E-state index < -0.39 is 18.1 Å². The zero-order chi connectivity index (χ0) is 32.5.